The molecule has 0 atom stereocenters. The molecule has 0 aliphatic carbocycles. The Morgan fingerprint density at radius 1 is 0.972 bits per heavy atom. The van der Waals surface area contributed by atoms with Gasteiger partial charge in [0.25, 0.3) is 10.0 Å². The quantitative estimate of drug-likeness (QED) is 0.332. The predicted molar refractivity (Wildman–Crippen MR) is 134 cm³/mol. The number of aryl methyl sites for hydroxylation is 1. The number of benzene rings is 3. The number of carbonyl (C=O) groups is 1. The number of nitrogens with zero attached hydrogens (tertiary/aromatic N) is 1. The van der Waals surface area contributed by atoms with E-state index in [1.807, 2.05) is 0 Å². The normalized spacial score (nSPS) is 11.8. The van der Waals surface area contributed by atoms with Crippen LogP contribution in [-0.4, -0.2) is 28.0 Å². The van der Waals surface area contributed by atoms with E-state index >= 15 is 0 Å². The molecule has 0 aliphatic heterocycles. The van der Waals surface area contributed by atoms with E-state index in [4.69, 9.17) is 39.5 Å². The van der Waals surface area contributed by atoms with Crippen LogP contribution in [-0.2, 0) is 21.0 Å². The number of ether oxygens (including phenoxy) is 1. The Morgan fingerprint density at radius 2 is 1.64 bits per heavy atom. The zero-order chi connectivity index (χ0) is 26.8. The molecule has 0 aromatic heterocycles. The van der Waals surface area contributed by atoms with Crippen LogP contribution < -0.4 is 14.4 Å². The van der Waals surface area contributed by atoms with Crippen molar-refractivity contribution in [2.75, 3.05) is 23.3 Å². The van der Waals surface area contributed by atoms with Gasteiger partial charge < -0.3 is 10.1 Å². The number of rotatable bonds is 7. The van der Waals surface area contributed by atoms with Gasteiger partial charge in [-0.2, -0.15) is 13.2 Å². The molecule has 0 radical (unpaired) electrons. The number of carbonyl (C=O) groups excluding carboxylic acids is 1. The first-order valence-corrected chi connectivity index (χ1v) is 12.6. The summed E-state index contributed by atoms with van der Waals surface area (Å²) in [5, 5.41) is 1.90. The first kappa shape index (κ1) is 27.9. The molecular weight excluding hydrogens is 564 g/mol. The molecule has 0 heterocycles. The number of anilines is 2. The molecule has 0 bridgehead atoms. The van der Waals surface area contributed by atoms with Crippen molar-refractivity contribution < 1.29 is 31.1 Å². The summed E-state index contributed by atoms with van der Waals surface area (Å²) in [6.07, 6.45) is -4.75. The number of amides is 1. The molecule has 36 heavy (non-hydrogen) atoms. The van der Waals surface area contributed by atoms with Crippen LogP contribution in [0.1, 0.15) is 11.1 Å². The second-order valence-electron chi connectivity index (χ2n) is 7.50. The Balaban J connectivity index is 2.04. The van der Waals surface area contributed by atoms with Crippen LogP contribution >= 0.6 is 34.8 Å². The van der Waals surface area contributed by atoms with Crippen LogP contribution in [0.3, 0.4) is 0 Å². The van der Waals surface area contributed by atoms with Crippen LogP contribution in [0.2, 0.25) is 15.1 Å². The average molecular weight is 582 g/mol. The van der Waals surface area contributed by atoms with Crippen molar-refractivity contribution in [3.63, 3.8) is 0 Å². The van der Waals surface area contributed by atoms with Gasteiger partial charge in [0, 0.05) is 5.69 Å². The zero-order valence-electron chi connectivity index (χ0n) is 18.7. The highest BCUT2D eigenvalue weighted by molar-refractivity contribution is 7.93. The molecule has 1 N–H and O–H groups in total. The summed E-state index contributed by atoms with van der Waals surface area (Å²) >= 11 is 17.7. The van der Waals surface area contributed by atoms with Crippen molar-refractivity contribution in [2.24, 2.45) is 0 Å². The lowest BCUT2D eigenvalue weighted by molar-refractivity contribution is -0.137. The van der Waals surface area contributed by atoms with Gasteiger partial charge in [-0.1, -0.05) is 40.9 Å². The molecule has 192 valence electrons. The van der Waals surface area contributed by atoms with E-state index in [1.54, 1.807) is 13.0 Å². The highest BCUT2D eigenvalue weighted by atomic mass is 35.5. The number of halogens is 6. The van der Waals surface area contributed by atoms with Crippen LogP contribution in [0.15, 0.2) is 59.5 Å². The van der Waals surface area contributed by atoms with E-state index in [1.165, 1.54) is 37.4 Å². The molecule has 3 aromatic rings. The Bertz CT molecular complexity index is 1420. The molecule has 0 aliphatic rings. The van der Waals surface area contributed by atoms with E-state index in [0.29, 0.717) is 11.6 Å². The summed E-state index contributed by atoms with van der Waals surface area (Å²) in [5.74, 6) is -0.898. The largest absolute Gasteiger partial charge is 0.495 e. The maximum Gasteiger partial charge on any atom is 0.417 e. The molecule has 6 nitrogen and oxygen atoms in total. The van der Waals surface area contributed by atoms with Gasteiger partial charge in [-0.3, -0.25) is 9.10 Å². The van der Waals surface area contributed by atoms with Crippen molar-refractivity contribution in [3.8, 4) is 5.75 Å². The predicted octanol–water partition coefficient (Wildman–Crippen LogP) is 6.82. The van der Waals surface area contributed by atoms with Crippen LogP contribution in [0, 0.1) is 6.92 Å². The Morgan fingerprint density at radius 3 is 2.25 bits per heavy atom. The second kappa shape index (κ2) is 10.8. The SMILES string of the molecule is COc1ccc(C)cc1S(=O)(=O)N(CC(=O)Nc1ccc(Cl)c(C(F)(F)F)c1)c1ccc(Cl)c(Cl)c1. The van der Waals surface area contributed by atoms with E-state index in [0.717, 1.165) is 16.4 Å². The standard InChI is InChI=1S/C23H18Cl3F3N2O4S/c1-13-3-8-20(35-2)21(9-13)36(33,34)31(15-5-7-18(25)19(26)11-15)12-22(32)30-14-4-6-17(24)16(10-14)23(27,28)29/h3-11H,12H2,1-2H3,(H,30,32). The topological polar surface area (TPSA) is 75.7 Å². The maximum atomic E-state index is 13.7. The number of hydrogen-bond acceptors (Lipinski definition) is 4. The van der Waals surface area contributed by atoms with E-state index in [9.17, 15) is 26.4 Å². The fraction of sp³-hybridized carbons (Fsp3) is 0.174. The third kappa shape index (κ3) is 6.18. The fourth-order valence-electron chi connectivity index (χ4n) is 3.21. The van der Waals surface area contributed by atoms with Crippen LogP contribution in [0.5, 0.6) is 5.75 Å². The number of sulfonamides is 1. The molecule has 0 unspecified atom stereocenters. The Hall–Kier alpha value is -2.66. The summed E-state index contributed by atoms with van der Waals surface area (Å²) < 4.78 is 72.9. The van der Waals surface area contributed by atoms with E-state index in [-0.39, 0.29) is 32.1 Å². The molecule has 3 aromatic carbocycles. The van der Waals surface area contributed by atoms with Crippen LogP contribution in [0.4, 0.5) is 24.5 Å². The third-order valence-electron chi connectivity index (χ3n) is 4.92. The van der Waals surface area contributed by atoms with Gasteiger partial charge in [0.15, 0.2) is 0 Å². The number of nitrogens with one attached hydrogen (secondary N) is 1. The monoisotopic (exact) mass is 580 g/mol. The van der Waals surface area contributed by atoms with Crippen molar-refractivity contribution in [1.29, 1.82) is 0 Å². The molecule has 0 spiro atoms. The molecule has 13 heteroatoms. The molecule has 0 fully saturated rings. The average Bonchev–Trinajstić information content (AvgIpc) is 2.79. The highest BCUT2D eigenvalue weighted by Gasteiger charge is 2.34. The third-order valence-corrected chi connectivity index (χ3v) is 7.78. The van der Waals surface area contributed by atoms with Crippen molar-refractivity contribution in [2.45, 2.75) is 18.0 Å². The summed E-state index contributed by atoms with van der Waals surface area (Å²) in [6.45, 7) is 0.870. The van der Waals surface area contributed by atoms with Gasteiger partial charge >= 0.3 is 6.18 Å². The minimum Gasteiger partial charge on any atom is -0.495 e. The highest BCUT2D eigenvalue weighted by Crippen LogP contribution is 2.37. The summed E-state index contributed by atoms with van der Waals surface area (Å²) in [5.41, 5.74) is -0.777. The number of hydrogen-bond donors (Lipinski definition) is 1. The van der Waals surface area contributed by atoms with Crippen molar-refractivity contribution in [1.82, 2.24) is 0 Å². The van der Waals surface area contributed by atoms with Crippen LogP contribution in [0.25, 0.3) is 0 Å². The summed E-state index contributed by atoms with van der Waals surface area (Å²) in [6, 6.07) is 11.2. The first-order chi connectivity index (χ1) is 16.7. The summed E-state index contributed by atoms with van der Waals surface area (Å²) in [4.78, 5) is 12.6. The van der Waals surface area contributed by atoms with Gasteiger partial charge in [-0.15, -0.1) is 0 Å². The Kier molecular flexibility index (Phi) is 8.34. The molecule has 1 amide bonds. The first-order valence-electron chi connectivity index (χ1n) is 10.0. The van der Waals surface area contributed by atoms with E-state index in [2.05, 4.69) is 5.32 Å². The molecule has 0 saturated heterocycles. The zero-order valence-corrected chi connectivity index (χ0v) is 21.7. The van der Waals surface area contributed by atoms with Gasteiger partial charge in [-0.25, -0.2) is 8.42 Å². The van der Waals surface area contributed by atoms with Gasteiger partial charge in [0.2, 0.25) is 5.91 Å². The lowest BCUT2D eigenvalue weighted by Crippen LogP contribution is -2.38. The molecular formula is C23H18Cl3F3N2O4S. The van der Waals surface area contributed by atoms with E-state index < -0.39 is 39.2 Å². The minimum absolute atomic E-state index is 0.00445. The number of methoxy groups -OCH3 is 1. The fourth-order valence-corrected chi connectivity index (χ4v) is 5.38. The van der Waals surface area contributed by atoms with Gasteiger partial charge in [-0.05, 0) is 61.0 Å². The lowest BCUT2D eigenvalue weighted by Gasteiger charge is -2.25. The minimum atomic E-state index is -4.75. The second-order valence-corrected chi connectivity index (χ2v) is 10.6. The van der Waals surface area contributed by atoms with Gasteiger partial charge in [0.1, 0.15) is 17.2 Å². The van der Waals surface area contributed by atoms with Gasteiger partial charge in [0.05, 0.1) is 33.4 Å². The molecule has 3 rings (SSSR count). The summed E-state index contributed by atoms with van der Waals surface area (Å²) in [7, 11) is -3.14. The smallest absolute Gasteiger partial charge is 0.417 e. The van der Waals surface area contributed by atoms with Crippen molar-refractivity contribution in [3.05, 3.63) is 80.8 Å². The maximum absolute atomic E-state index is 13.7. The Labute approximate surface area is 220 Å². The lowest BCUT2D eigenvalue weighted by atomic mass is 10.2. The molecule has 0 saturated carbocycles. The van der Waals surface area contributed by atoms with Crippen molar-refractivity contribution >= 4 is 62.1 Å². The number of alkyl halides is 3.